The van der Waals surface area contributed by atoms with Gasteiger partial charge >= 0.3 is 5.97 Å². The second-order valence-corrected chi connectivity index (χ2v) is 11.0. The lowest BCUT2D eigenvalue weighted by molar-refractivity contribution is -0.403. The van der Waals surface area contributed by atoms with Crippen molar-refractivity contribution in [2.24, 2.45) is 34.5 Å². The number of hydrogen-bond acceptors (Lipinski definition) is 5. The summed E-state index contributed by atoms with van der Waals surface area (Å²) in [6.07, 6.45) is 7.91. The summed E-state index contributed by atoms with van der Waals surface area (Å²) in [5.41, 5.74) is 0.451. The van der Waals surface area contributed by atoms with Crippen molar-refractivity contribution in [3.8, 4) is 0 Å². The minimum Gasteiger partial charge on any atom is -0.362 e. The summed E-state index contributed by atoms with van der Waals surface area (Å²) in [6, 6.07) is 8.70. The van der Waals surface area contributed by atoms with Gasteiger partial charge in [-0.15, -0.1) is 4.89 Å². The predicted molar refractivity (Wildman–Crippen MR) is 115 cm³/mol. The second kappa shape index (κ2) is 7.41. The summed E-state index contributed by atoms with van der Waals surface area (Å²) in [7, 11) is 0. The molecule has 5 nitrogen and oxygen atoms in total. The molecular formula is C26H34O5. The van der Waals surface area contributed by atoms with Crippen LogP contribution in [-0.4, -0.2) is 22.6 Å². The predicted octanol–water partition coefficient (Wildman–Crippen LogP) is 5.08. The van der Waals surface area contributed by atoms with Gasteiger partial charge in [-0.25, -0.2) is 4.79 Å². The molecule has 4 fully saturated rings. The molecule has 4 saturated carbocycles. The van der Waals surface area contributed by atoms with E-state index in [9.17, 15) is 14.7 Å². The number of rotatable bonds is 3. The zero-order chi connectivity index (χ0) is 21.9. The first-order chi connectivity index (χ1) is 14.8. The SMILES string of the molecule is C[C@]12CC[C@@](O)(OOC(=O)c3ccccc3)C[C@H]1CC[C@@H]1[C@@H]2CC[C@]2(C)C(=O)CC[C@@H]12. The van der Waals surface area contributed by atoms with Gasteiger partial charge in [-0.1, -0.05) is 32.0 Å². The highest BCUT2D eigenvalue weighted by atomic mass is 17.2. The van der Waals surface area contributed by atoms with Crippen molar-refractivity contribution in [2.45, 2.75) is 77.4 Å². The van der Waals surface area contributed by atoms with Crippen molar-refractivity contribution < 1.29 is 24.5 Å². The number of benzene rings is 1. The molecule has 4 aliphatic rings. The summed E-state index contributed by atoms with van der Waals surface area (Å²) in [4.78, 5) is 35.3. The fourth-order valence-electron chi connectivity index (χ4n) is 7.80. The maximum atomic E-state index is 12.6. The standard InChI is InChI=1S/C26H34O5/c1-24-14-15-26(29,31-30-23(28)17-6-4-3-5-7-17)16-18(24)8-9-19-20-10-11-22(27)25(20,2)13-12-21(19)24/h3-7,18-21,29H,8-16H2,1-2H3/t18-,19+,20+,21+,24+,25+,26-/m1/s1. The zero-order valence-corrected chi connectivity index (χ0v) is 18.6. The Balaban J connectivity index is 1.27. The molecule has 0 amide bonds. The maximum Gasteiger partial charge on any atom is 0.373 e. The number of Topliss-reactive ketones (excluding diaryl/α,β-unsaturated/α-hetero) is 1. The average Bonchev–Trinajstić information content (AvgIpc) is 3.08. The van der Waals surface area contributed by atoms with Crippen LogP contribution in [0.3, 0.4) is 0 Å². The highest BCUT2D eigenvalue weighted by molar-refractivity contribution is 5.88. The molecule has 0 heterocycles. The molecule has 168 valence electrons. The van der Waals surface area contributed by atoms with Crippen LogP contribution in [0.1, 0.15) is 82.0 Å². The molecule has 0 unspecified atom stereocenters. The Morgan fingerprint density at radius 2 is 1.77 bits per heavy atom. The molecule has 4 aliphatic carbocycles. The Morgan fingerprint density at radius 3 is 2.55 bits per heavy atom. The lowest BCUT2D eigenvalue weighted by Gasteiger charge is -2.60. The minimum atomic E-state index is -1.42. The van der Waals surface area contributed by atoms with E-state index < -0.39 is 11.8 Å². The van der Waals surface area contributed by atoms with Crippen molar-refractivity contribution in [3.63, 3.8) is 0 Å². The van der Waals surface area contributed by atoms with E-state index in [-0.39, 0.29) is 10.8 Å². The van der Waals surface area contributed by atoms with Gasteiger partial charge in [0, 0.05) is 24.7 Å². The monoisotopic (exact) mass is 426 g/mol. The number of carbonyl (C=O) groups excluding carboxylic acids is 2. The molecule has 1 aromatic rings. The normalized spacial score (nSPS) is 44.2. The van der Waals surface area contributed by atoms with Crippen molar-refractivity contribution in [1.29, 1.82) is 0 Å². The third kappa shape index (κ3) is 3.36. The fourth-order valence-corrected chi connectivity index (χ4v) is 7.80. The highest BCUT2D eigenvalue weighted by Crippen LogP contribution is 2.66. The topological polar surface area (TPSA) is 72.8 Å². The number of fused-ring (bicyclic) bond motifs is 5. The molecule has 0 aliphatic heterocycles. The van der Waals surface area contributed by atoms with E-state index in [0.29, 0.717) is 47.9 Å². The van der Waals surface area contributed by atoms with E-state index in [2.05, 4.69) is 13.8 Å². The molecule has 0 spiro atoms. The number of ketones is 1. The molecule has 7 atom stereocenters. The quantitative estimate of drug-likeness (QED) is 0.415. The summed E-state index contributed by atoms with van der Waals surface area (Å²) in [5.74, 6) is 0.567. The van der Waals surface area contributed by atoms with Gasteiger partial charge in [0.15, 0.2) is 0 Å². The van der Waals surface area contributed by atoms with Crippen molar-refractivity contribution in [3.05, 3.63) is 35.9 Å². The highest BCUT2D eigenvalue weighted by Gasteiger charge is 2.61. The Labute approximate surface area is 184 Å². The van der Waals surface area contributed by atoms with Crippen molar-refractivity contribution in [1.82, 2.24) is 0 Å². The Morgan fingerprint density at radius 1 is 1.00 bits per heavy atom. The third-order valence-corrected chi connectivity index (χ3v) is 9.68. The Bertz CT molecular complexity index is 868. The first kappa shape index (κ1) is 21.1. The van der Waals surface area contributed by atoms with Crippen molar-refractivity contribution >= 4 is 11.8 Å². The van der Waals surface area contributed by atoms with E-state index in [0.717, 1.165) is 44.9 Å². The van der Waals surface area contributed by atoms with E-state index in [1.807, 2.05) is 6.07 Å². The lowest BCUT2D eigenvalue weighted by atomic mass is 9.45. The fraction of sp³-hybridized carbons (Fsp3) is 0.692. The van der Waals surface area contributed by atoms with Crippen LogP contribution in [-0.2, 0) is 14.6 Å². The molecule has 1 aromatic carbocycles. The van der Waals surface area contributed by atoms with Gasteiger partial charge in [0.25, 0.3) is 0 Å². The van der Waals surface area contributed by atoms with E-state index >= 15 is 0 Å². The van der Waals surface area contributed by atoms with Crippen LogP contribution in [0.15, 0.2) is 30.3 Å². The molecule has 0 bridgehead atoms. The zero-order valence-electron chi connectivity index (χ0n) is 18.6. The number of aliphatic hydroxyl groups is 1. The molecule has 0 saturated heterocycles. The third-order valence-electron chi connectivity index (χ3n) is 9.68. The Kier molecular flexibility index (Phi) is 5.06. The first-order valence-corrected chi connectivity index (χ1v) is 12.0. The summed E-state index contributed by atoms with van der Waals surface area (Å²) >= 11 is 0. The Hall–Kier alpha value is -1.72. The molecule has 1 N–H and O–H groups in total. The summed E-state index contributed by atoms with van der Waals surface area (Å²) in [5, 5.41) is 11.1. The molecular weight excluding hydrogens is 392 g/mol. The second-order valence-electron chi connectivity index (χ2n) is 11.0. The smallest absolute Gasteiger partial charge is 0.362 e. The van der Waals surface area contributed by atoms with Crippen LogP contribution in [0.4, 0.5) is 0 Å². The van der Waals surface area contributed by atoms with Gasteiger partial charge < -0.3 is 5.11 Å². The lowest BCUT2D eigenvalue weighted by Crippen LogP contribution is -2.56. The molecule has 0 aromatic heterocycles. The van der Waals surface area contributed by atoms with E-state index in [4.69, 9.17) is 9.78 Å². The molecule has 0 radical (unpaired) electrons. The number of carbonyl (C=O) groups is 2. The van der Waals surface area contributed by atoms with Crippen molar-refractivity contribution in [2.75, 3.05) is 0 Å². The van der Waals surface area contributed by atoms with E-state index in [1.54, 1.807) is 24.3 Å². The number of hydrogen-bond donors (Lipinski definition) is 1. The largest absolute Gasteiger partial charge is 0.373 e. The van der Waals surface area contributed by atoms with Gasteiger partial charge in [0.2, 0.25) is 5.79 Å². The van der Waals surface area contributed by atoms with Gasteiger partial charge in [-0.2, -0.15) is 0 Å². The average molecular weight is 427 g/mol. The molecule has 5 rings (SSSR count). The van der Waals surface area contributed by atoms with Crippen LogP contribution in [0, 0.1) is 34.5 Å². The maximum absolute atomic E-state index is 12.6. The molecule has 31 heavy (non-hydrogen) atoms. The summed E-state index contributed by atoms with van der Waals surface area (Å²) in [6.45, 7) is 4.61. The van der Waals surface area contributed by atoms with Crippen LogP contribution < -0.4 is 0 Å². The first-order valence-electron chi connectivity index (χ1n) is 12.0. The van der Waals surface area contributed by atoms with Gasteiger partial charge in [0.05, 0.1) is 5.56 Å². The van der Waals surface area contributed by atoms with Crippen LogP contribution in [0.2, 0.25) is 0 Å². The summed E-state index contributed by atoms with van der Waals surface area (Å²) < 4.78 is 0. The van der Waals surface area contributed by atoms with Crippen LogP contribution in [0.5, 0.6) is 0 Å². The van der Waals surface area contributed by atoms with Gasteiger partial charge in [-0.05, 0) is 79.7 Å². The van der Waals surface area contributed by atoms with Crippen LogP contribution >= 0.6 is 0 Å². The van der Waals surface area contributed by atoms with Crippen LogP contribution in [0.25, 0.3) is 0 Å². The molecule has 5 heteroatoms. The van der Waals surface area contributed by atoms with Gasteiger partial charge in [0.1, 0.15) is 5.78 Å². The van der Waals surface area contributed by atoms with Gasteiger partial charge in [-0.3, -0.25) is 9.68 Å². The van der Waals surface area contributed by atoms with E-state index in [1.165, 1.54) is 0 Å². The minimum absolute atomic E-state index is 0.103.